The third kappa shape index (κ3) is 1.55. The second-order valence-corrected chi connectivity index (χ2v) is 6.14. The molecule has 1 aliphatic rings. The normalized spacial score (nSPS) is 22.9. The molecule has 0 spiro atoms. The van der Waals surface area contributed by atoms with Crippen LogP contribution < -0.4 is 5.73 Å². The third-order valence-corrected chi connectivity index (χ3v) is 4.37. The number of rotatable bonds is 0. The fourth-order valence-corrected chi connectivity index (χ4v) is 3.57. The van der Waals surface area contributed by atoms with Gasteiger partial charge in [0.1, 0.15) is 0 Å². The van der Waals surface area contributed by atoms with Gasteiger partial charge in [0, 0.05) is 10.5 Å². The van der Waals surface area contributed by atoms with E-state index in [1.165, 1.54) is 26.7 Å². The molecule has 1 aromatic rings. The Hall–Kier alpha value is -0.340. The summed E-state index contributed by atoms with van der Waals surface area (Å²) in [5, 5.41) is 0. The molecule has 0 aliphatic heterocycles. The zero-order valence-electron chi connectivity index (χ0n) is 9.82. The zero-order chi connectivity index (χ0) is 11.4. The molecule has 0 unspecified atom stereocenters. The van der Waals surface area contributed by atoms with Crippen LogP contribution in [0, 0.1) is 13.8 Å². The molecule has 0 saturated heterocycles. The van der Waals surface area contributed by atoms with Crippen LogP contribution in [0.3, 0.4) is 0 Å². The molecule has 82 valence electrons. The summed E-state index contributed by atoms with van der Waals surface area (Å²) in [6.07, 6.45) is 1.06. The van der Waals surface area contributed by atoms with E-state index in [0.29, 0.717) is 0 Å². The highest BCUT2D eigenvalue weighted by Crippen LogP contribution is 2.47. The van der Waals surface area contributed by atoms with Crippen LogP contribution in [0.1, 0.15) is 48.6 Å². The molecule has 0 aromatic heterocycles. The molecule has 0 fully saturated rings. The van der Waals surface area contributed by atoms with Crippen LogP contribution in [0.2, 0.25) is 0 Å². The minimum Gasteiger partial charge on any atom is -0.324 e. The smallest absolute Gasteiger partial charge is 0.0309 e. The Morgan fingerprint density at radius 1 is 1.40 bits per heavy atom. The molecule has 1 aliphatic carbocycles. The van der Waals surface area contributed by atoms with Crippen molar-refractivity contribution in [1.29, 1.82) is 0 Å². The van der Waals surface area contributed by atoms with Crippen molar-refractivity contribution in [3.63, 3.8) is 0 Å². The van der Waals surface area contributed by atoms with Gasteiger partial charge in [-0.05, 0) is 54.0 Å². The van der Waals surface area contributed by atoms with Gasteiger partial charge in [0.15, 0.2) is 0 Å². The van der Waals surface area contributed by atoms with Crippen molar-refractivity contribution in [1.82, 2.24) is 0 Å². The molecule has 0 heterocycles. The molecule has 2 rings (SSSR count). The van der Waals surface area contributed by atoms with Gasteiger partial charge in [-0.2, -0.15) is 0 Å². The van der Waals surface area contributed by atoms with Crippen LogP contribution in [-0.2, 0) is 5.41 Å². The maximum absolute atomic E-state index is 6.24. The van der Waals surface area contributed by atoms with E-state index in [-0.39, 0.29) is 11.5 Å². The largest absolute Gasteiger partial charge is 0.324 e. The van der Waals surface area contributed by atoms with Crippen LogP contribution in [0.25, 0.3) is 0 Å². The lowest BCUT2D eigenvalue weighted by Gasteiger charge is -2.22. The van der Waals surface area contributed by atoms with E-state index in [2.05, 4.69) is 49.7 Å². The molecule has 1 nitrogen and oxygen atoms in total. The van der Waals surface area contributed by atoms with Crippen LogP contribution in [0.15, 0.2) is 10.5 Å². The van der Waals surface area contributed by atoms with Gasteiger partial charge < -0.3 is 5.73 Å². The maximum Gasteiger partial charge on any atom is 0.0309 e. The summed E-state index contributed by atoms with van der Waals surface area (Å²) in [4.78, 5) is 0. The van der Waals surface area contributed by atoms with E-state index in [0.717, 1.165) is 6.42 Å². The lowest BCUT2D eigenvalue weighted by atomic mass is 9.83. The number of hydrogen-bond donors (Lipinski definition) is 1. The molecule has 1 aromatic carbocycles. The van der Waals surface area contributed by atoms with Crippen molar-refractivity contribution in [2.45, 2.75) is 45.6 Å². The number of nitrogens with two attached hydrogens (primary N) is 1. The first-order chi connectivity index (χ1) is 6.84. The lowest BCUT2D eigenvalue weighted by molar-refractivity contribution is 0.480. The topological polar surface area (TPSA) is 26.0 Å². The molecule has 0 amide bonds. The van der Waals surface area contributed by atoms with Crippen molar-refractivity contribution in [3.05, 3.63) is 32.8 Å². The predicted molar refractivity (Wildman–Crippen MR) is 68.2 cm³/mol. The second kappa shape index (κ2) is 3.33. The molecule has 15 heavy (non-hydrogen) atoms. The van der Waals surface area contributed by atoms with Crippen LogP contribution in [0.5, 0.6) is 0 Å². The Labute approximate surface area is 100 Å². The Morgan fingerprint density at radius 2 is 2.00 bits per heavy atom. The number of benzene rings is 1. The van der Waals surface area contributed by atoms with Crippen LogP contribution >= 0.6 is 15.9 Å². The quantitative estimate of drug-likeness (QED) is 0.762. The van der Waals surface area contributed by atoms with Crippen LogP contribution in [0.4, 0.5) is 0 Å². The summed E-state index contributed by atoms with van der Waals surface area (Å²) in [5.41, 5.74) is 12.0. The van der Waals surface area contributed by atoms with E-state index in [4.69, 9.17) is 5.73 Å². The zero-order valence-corrected chi connectivity index (χ0v) is 11.4. The van der Waals surface area contributed by atoms with Gasteiger partial charge in [0.05, 0.1) is 0 Å². The van der Waals surface area contributed by atoms with Gasteiger partial charge in [-0.15, -0.1) is 0 Å². The van der Waals surface area contributed by atoms with Crippen molar-refractivity contribution in [3.8, 4) is 0 Å². The van der Waals surface area contributed by atoms with Gasteiger partial charge in [-0.25, -0.2) is 0 Å². The molecular formula is C13H18BrN. The highest BCUT2D eigenvalue weighted by molar-refractivity contribution is 9.10. The highest BCUT2D eigenvalue weighted by Gasteiger charge is 2.37. The van der Waals surface area contributed by atoms with Gasteiger partial charge in [-0.3, -0.25) is 0 Å². The van der Waals surface area contributed by atoms with E-state index in [1.807, 2.05) is 0 Å². The minimum atomic E-state index is 0.200. The average molecular weight is 268 g/mol. The maximum atomic E-state index is 6.24. The first-order valence-corrected chi connectivity index (χ1v) is 6.19. The first kappa shape index (κ1) is 11.2. The molecule has 2 heteroatoms. The van der Waals surface area contributed by atoms with Gasteiger partial charge in [-0.1, -0.05) is 29.8 Å². The number of fused-ring (bicyclic) bond motifs is 1. The Balaban J connectivity index is 2.78. The Kier molecular flexibility index (Phi) is 2.47. The summed E-state index contributed by atoms with van der Waals surface area (Å²) in [6, 6.07) is 2.42. The van der Waals surface area contributed by atoms with Gasteiger partial charge in [0.25, 0.3) is 0 Å². The fourth-order valence-electron chi connectivity index (χ4n) is 3.01. The van der Waals surface area contributed by atoms with Crippen molar-refractivity contribution in [2.75, 3.05) is 0 Å². The predicted octanol–water partition coefficient (Wildman–Crippen LogP) is 3.75. The summed E-state index contributed by atoms with van der Waals surface area (Å²) in [7, 11) is 0. The van der Waals surface area contributed by atoms with Crippen LogP contribution in [-0.4, -0.2) is 0 Å². The van der Waals surface area contributed by atoms with Crippen molar-refractivity contribution in [2.24, 2.45) is 5.73 Å². The number of aryl methyl sites for hydroxylation is 1. The Bertz CT molecular complexity index is 421. The molecule has 0 saturated carbocycles. The van der Waals surface area contributed by atoms with E-state index >= 15 is 0 Å². The minimum absolute atomic E-state index is 0.200. The lowest BCUT2D eigenvalue weighted by Crippen LogP contribution is -2.15. The summed E-state index contributed by atoms with van der Waals surface area (Å²) in [6.45, 7) is 8.92. The molecule has 0 radical (unpaired) electrons. The molecule has 0 bridgehead atoms. The van der Waals surface area contributed by atoms with Crippen molar-refractivity contribution >= 4 is 15.9 Å². The standard InChI is InChI=1S/C13H18BrN/c1-7-5-9(14)8(2)11-10(15)6-13(3,4)12(7)11/h5,10H,6,15H2,1-4H3/t10-/m1/s1. The monoisotopic (exact) mass is 267 g/mol. The van der Waals surface area contributed by atoms with E-state index in [9.17, 15) is 0 Å². The third-order valence-electron chi connectivity index (χ3n) is 3.55. The number of halogens is 1. The molecule has 2 N–H and O–H groups in total. The van der Waals surface area contributed by atoms with Gasteiger partial charge in [0.2, 0.25) is 0 Å². The average Bonchev–Trinajstić information content (AvgIpc) is 2.32. The summed E-state index contributed by atoms with van der Waals surface area (Å²) >= 11 is 3.61. The second-order valence-electron chi connectivity index (χ2n) is 5.28. The molecular weight excluding hydrogens is 250 g/mol. The highest BCUT2D eigenvalue weighted by atomic mass is 79.9. The molecule has 1 atom stereocenters. The van der Waals surface area contributed by atoms with E-state index < -0.39 is 0 Å². The SMILES string of the molecule is Cc1cc(Br)c(C)c2c1C(C)(C)C[C@H]2N. The summed E-state index contributed by atoms with van der Waals surface area (Å²) < 4.78 is 1.19. The number of hydrogen-bond acceptors (Lipinski definition) is 1. The fraction of sp³-hybridized carbons (Fsp3) is 0.538. The first-order valence-electron chi connectivity index (χ1n) is 5.40. The summed E-state index contributed by atoms with van der Waals surface area (Å²) in [5.74, 6) is 0. The Morgan fingerprint density at radius 3 is 2.60 bits per heavy atom. The van der Waals surface area contributed by atoms with E-state index in [1.54, 1.807) is 0 Å². The van der Waals surface area contributed by atoms with Crippen molar-refractivity contribution < 1.29 is 0 Å². The van der Waals surface area contributed by atoms with Gasteiger partial charge >= 0.3 is 0 Å².